The summed E-state index contributed by atoms with van der Waals surface area (Å²) in [6.45, 7) is 8.85. The van der Waals surface area contributed by atoms with E-state index in [1.54, 1.807) is 0 Å². The van der Waals surface area contributed by atoms with Crippen LogP contribution >= 0.6 is 0 Å². The third kappa shape index (κ3) is 2.96. The van der Waals surface area contributed by atoms with Gasteiger partial charge in [-0.05, 0) is 27.7 Å². The molecule has 1 heterocycles. The third-order valence-corrected chi connectivity index (χ3v) is 4.55. The molecule has 0 aromatic carbocycles. The van der Waals surface area contributed by atoms with Crippen molar-refractivity contribution < 1.29 is 12.4 Å². The van der Waals surface area contributed by atoms with E-state index in [1.807, 2.05) is 0 Å². The number of nitrogens with one attached hydrogen (secondary N) is 1. The Balaban J connectivity index is 0.00000144. The number of H-pyrrole nitrogens is 1. The van der Waals surface area contributed by atoms with E-state index >= 15 is 0 Å². The molecule has 0 fully saturated rings. The van der Waals surface area contributed by atoms with E-state index in [1.165, 1.54) is 27.8 Å². The van der Waals surface area contributed by atoms with Crippen LogP contribution in [0.25, 0.3) is 0 Å². The number of aryl methyl sites for hydroxylation is 2. The summed E-state index contributed by atoms with van der Waals surface area (Å²) in [5, 5.41) is 0. The van der Waals surface area contributed by atoms with Gasteiger partial charge in [-0.15, -0.1) is 0 Å². The van der Waals surface area contributed by atoms with Crippen molar-refractivity contribution in [3.63, 3.8) is 0 Å². The number of rotatable bonds is 3. The summed E-state index contributed by atoms with van der Waals surface area (Å²) in [7, 11) is 0.476. The van der Waals surface area contributed by atoms with Crippen LogP contribution in [-0.2, 0) is 10.9 Å². The molecule has 76 valence electrons. The zero-order valence-corrected chi connectivity index (χ0v) is 10.4. The van der Waals surface area contributed by atoms with Crippen LogP contribution in [-0.4, -0.2) is 16.5 Å². The molecule has 13 heavy (non-hydrogen) atoms. The van der Waals surface area contributed by atoms with Crippen molar-refractivity contribution in [2.24, 2.45) is 0 Å². The average Bonchev–Trinajstić information content (AvgIpc) is 2.34. The summed E-state index contributed by atoms with van der Waals surface area (Å²) in [5.74, 6) is 2.54. The minimum Gasteiger partial charge on any atom is -1.00 e. The number of hydrogen-bond donors (Lipinski definition) is 1. The second-order valence-electron chi connectivity index (χ2n) is 3.01. The summed E-state index contributed by atoms with van der Waals surface area (Å²) in [6, 6.07) is 2.30. The number of hydrogen-bond acceptors (Lipinski definition) is 0. The Morgan fingerprint density at radius 2 is 1.77 bits per heavy atom. The molecule has 0 radical (unpaired) electrons. The summed E-state index contributed by atoms with van der Waals surface area (Å²) >= 11 is 0. The van der Waals surface area contributed by atoms with E-state index < -0.39 is 0 Å². The number of halogens is 1. The summed E-state index contributed by atoms with van der Waals surface area (Å²) in [4.78, 5) is 4.90. The van der Waals surface area contributed by atoms with Gasteiger partial charge >= 0.3 is 0 Å². The van der Waals surface area contributed by atoms with Crippen molar-refractivity contribution in [3.8, 4) is 0 Å². The monoisotopic (exact) mass is 219 g/mol. The first-order valence-corrected chi connectivity index (χ1v) is 6.09. The highest BCUT2D eigenvalue weighted by atomic mass is 35.5. The SMILES string of the molecule is CC[S+](CC)c1cc(C)[nH]c1C.[Cl-]. The van der Waals surface area contributed by atoms with E-state index in [0.717, 1.165) is 0 Å². The zero-order chi connectivity index (χ0) is 9.14. The van der Waals surface area contributed by atoms with Crippen molar-refractivity contribution in [2.75, 3.05) is 11.5 Å². The molecule has 0 saturated carbocycles. The predicted molar refractivity (Wildman–Crippen MR) is 57.0 cm³/mol. The Labute approximate surface area is 90.1 Å². The molecule has 0 saturated heterocycles. The quantitative estimate of drug-likeness (QED) is 0.670. The van der Waals surface area contributed by atoms with Gasteiger partial charge in [0.25, 0.3) is 0 Å². The van der Waals surface area contributed by atoms with Gasteiger partial charge < -0.3 is 17.4 Å². The summed E-state index contributed by atoms with van der Waals surface area (Å²) in [5.41, 5.74) is 2.65. The Hall–Kier alpha value is -0.0800. The van der Waals surface area contributed by atoms with Crippen molar-refractivity contribution >= 4 is 10.9 Å². The molecule has 0 amide bonds. The van der Waals surface area contributed by atoms with E-state index in [-0.39, 0.29) is 12.4 Å². The van der Waals surface area contributed by atoms with E-state index in [0.29, 0.717) is 10.9 Å². The van der Waals surface area contributed by atoms with Crippen LogP contribution in [0.15, 0.2) is 11.0 Å². The van der Waals surface area contributed by atoms with Crippen LogP contribution in [0.4, 0.5) is 0 Å². The molecule has 0 unspecified atom stereocenters. The Kier molecular flexibility index (Phi) is 5.57. The maximum atomic E-state index is 3.36. The lowest BCUT2D eigenvalue weighted by Gasteiger charge is -2.00. The lowest BCUT2D eigenvalue weighted by Crippen LogP contribution is -3.00. The average molecular weight is 220 g/mol. The molecule has 0 aliphatic heterocycles. The Morgan fingerprint density at radius 3 is 2.08 bits per heavy atom. The van der Waals surface area contributed by atoms with Gasteiger partial charge in [0.15, 0.2) is 4.90 Å². The highest BCUT2D eigenvalue weighted by Crippen LogP contribution is 2.19. The van der Waals surface area contributed by atoms with Gasteiger partial charge in [0, 0.05) is 22.7 Å². The van der Waals surface area contributed by atoms with Gasteiger partial charge in [-0.1, -0.05) is 0 Å². The van der Waals surface area contributed by atoms with Crippen molar-refractivity contribution in [3.05, 3.63) is 17.5 Å². The highest BCUT2D eigenvalue weighted by Gasteiger charge is 2.20. The van der Waals surface area contributed by atoms with Crippen LogP contribution in [0.5, 0.6) is 0 Å². The molecule has 3 heteroatoms. The number of aromatic nitrogens is 1. The third-order valence-electron chi connectivity index (χ3n) is 2.11. The fourth-order valence-corrected chi connectivity index (χ4v) is 3.37. The fraction of sp³-hybridized carbons (Fsp3) is 0.600. The first-order chi connectivity index (χ1) is 5.69. The van der Waals surface area contributed by atoms with Crippen LogP contribution < -0.4 is 12.4 Å². The molecule has 0 aliphatic carbocycles. The highest BCUT2D eigenvalue weighted by molar-refractivity contribution is 7.96. The molecule has 1 aromatic rings. The first-order valence-electron chi connectivity index (χ1n) is 4.52. The van der Waals surface area contributed by atoms with E-state index in [9.17, 15) is 0 Å². The maximum Gasteiger partial charge on any atom is 0.175 e. The van der Waals surface area contributed by atoms with Gasteiger partial charge in [-0.25, -0.2) is 0 Å². The maximum absolute atomic E-state index is 3.36. The lowest BCUT2D eigenvalue weighted by molar-refractivity contribution is -0.00000290. The van der Waals surface area contributed by atoms with Gasteiger partial charge in [-0.3, -0.25) is 0 Å². The summed E-state index contributed by atoms with van der Waals surface area (Å²) in [6.07, 6.45) is 0. The first kappa shape index (κ1) is 12.9. The van der Waals surface area contributed by atoms with Gasteiger partial charge in [-0.2, -0.15) is 0 Å². The molecular formula is C10H18ClNS. The zero-order valence-electron chi connectivity index (χ0n) is 8.78. The van der Waals surface area contributed by atoms with Crippen LogP contribution in [0, 0.1) is 13.8 Å². The van der Waals surface area contributed by atoms with Crippen LogP contribution in [0.3, 0.4) is 0 Å². The van der Waals surface area contributed by atoms with Gasteiger partial charge in [0.1, 0.15) is 11.5 Å². The Bertz CT molecular complexity index is 253. The second kappa shape index (κ2) is 5.61. The van der Waals surface area contributed by atoms with E-state index in [2.05, 4.69) is 38.7 Å². The molecule has 1 aromatic heterocycles. The van der Waals surface area contributed by atoms with Crippen molar-refractivity contribution in [1.82, 2.24) is 4.98 Å². The molecule has 1 N–H and O–H groups in total. The molecule has 1 nitrogen and oxygen atoms in total. The predicted octanol–water partition coefficient (Wildman–Crippen LogP) is -0.347. The lowest BCUT2D eigenvalue weighted by atomic mass is 10.4. The molecule has 1 rings (SSSR count). The molecular weight excluding hydrogens is 202 g/mol. The minimum absolute atomic E-state index is 0. The van der Waals surface area contributed by atoms with Gasteiger partial charge in [0.05, 0.1) is 5.69 Å². The largest absolute Gasteiger partial charge is 1.00 e. The second-order valence-corrected chi connectivity index (χ2v) is 5.59. The van der Waals surface area contributed by atoms with Crippen molar-refractivity contribution in [1.29, 1.82) is 0 Å². The number of aromatic amines is 1. The molecule has 0 spiro atoms. The molecule has 0 bridgehead atoms. The smallest absolute Gasteiger partial charge is 0.175 e. The topological polar surface area (TPSA) is 15.8 Å². The molecule has 0 aliphatic rings. The van der Waals surface area contributed by atoms with Crippen LogP contribution in [0.2, 0.25) is 0 Å². The van der Waals surface area contributed by atoms with Crippen molar-refractivity contribution in [2.45, 2.75) is 32.6 Å². The Morgan fingerprint density at radius 1 is 1.23 bits per heavy atom. The standard InChI is InChI=1S/C10H18NS.ClH/c1-5-12(6-2)10-7-8(3)11-9(10)4;/h7,11H,5-6H2,1-4H3;1H/q+1;/p-1. The summed E-state index contributed by atoms with van der Waals surface area (Å²) < 4.78 is 0. The van der Waals surface area contributed by atoms with Crippen LogP contribution in [0.1, 0.15) is 25.2 Å². The molecule has 0 atom stereocenters. The normalized spacial score (nSPS) is 10.2. The van der Waals surface area contributed by atoms with Gasteiger partial charge in [0.2, 0.25) is 0 Å². The van der Waals surface area contributed by atoms with E-state index in [4.69, 9.17) is 0 Å². The fourth-order valence-electron chi connectivity index (χ4n) is 1.51. The minimum atomic E-state index is 0.